The molecular formula is C17H28O3S2. The van der Waals surface area contributed by atoms with Gasteiger partial charge in [0.25, 0.3) is 0 Å². The van der Waals surface area contributed by atoms with Gasteiger partial charge in [-0.05, 0) is 31.2 Å². The second kappa shape index (κ2) is 7.26. The van der Waals surface area contributed by atoms with Crippen LogP contribution in [0.2, 0.25) is 0 Å². The molecule has 126 valence electrons. The van der Waals surface area contributed by atoms with E-state index < -0.39 is 9.84 Å². The van der Waals surface area contributed by atoms with Crippen LogP contribution in [0.5, 0.6) is 0 Å². The standard InChI is InChI=1S/C17H28O3S2/c1-7-8-13(9-10-22(6,19)20)16(18)14-11-15(17(3,4)5)21-12(14)2/h11,13H,7-10H2,1-6H3. The van der Waals surface area contributed by atoms with Gasteiger partial charge in [-0.2, -0.15) is 0 Å². The Morgan fingerprint density at radius 3 is 2.27 bits per heavy atom. The summed E-state index contributed by atoms with van der Waals surface area (Å²) in [5.74, 6) is -0.00535. The monoisotopic (exact) mass is 344 g/mol. The molecule has 0 aliphatic carbocycles. The summed E-state index contributed by atoms with van der Waals surface area (Å²) in [5, 5.41) is 0. The number of hydrogen-bond acceptors (Lipinski definition) is 4. The Labute approximate surface area is 139 Å². The van der Waals surface area contributed by atoms with Crippen molar-refractivity contribution in [3.05, 3.63) is 21.4 Å². The maximum atomic E-state index is 12.8. The molecule has 0 aliphatic heterocycles. The van der Waals surface area contributed by atoms with Crippen molar-refractivity contribution in [2.24, 2.45) is 5.92 Å². The number of carbonyl (C=O) groups is 1. The molecule has 0 aromatic carbocycles. The second-order valence-electron chi connectivity index (χ2n) is 7.10. The fourth-order valence-electron chi connectivity index (χ4n) is 2.43. The highest BCUT2D eigenvalue weighted by Gasteiger charge is 2.26. The first kappa shape index (κ1) is 19.4. The fraction of sp³-hybridized carbons (Fsp3) is 0.706. The van der Waals surface area contributed by atoms with E-state index in [9.17, 15) is 13.2 Å². The van der Waals surface area contributed by atoms with Crippen molar-refractivity contribution in [1.82, 2.24) is 0 Å². The fourth-order valence-corrected chi connectivity index (χ4v) is 4.22. The number of Topliss-reactive ketones (excluding diaryl/α,β-unsaturated/α-hetero) is 1. The van der Waals surface area contributed by atoms with Crippen LogP contribution in [0.4, 0.5) is 0 Å². The molecule has 0 amide bonds. The first-order valence-corrected chi connectivity index (χ1v) is 10.7. The quantitative estimate of drug-likeness (QED) is 0.689. The lowest BCUT2D eigenvalue weighted by Gasteiger charge is -2.16. The van der Waals surface area contributed by atoms with E-state index in [0.29, 0.717) is 6.42 Å². The normalized spacial score (nSPS) is 14.1. The van der Waals surface area contributed by atoms with Crippen LogP contribution in [0.1, 0.15) is 67.1 Å². The van der Waals surface area contributed by atoms with Gasteiger partial charge in [0.1, 0.15) is 9.84 Å². The Kier molecular flexibility index (Phi) is 6.39. The zero-order valence-electron chi connectivity index (χ0n) is 14.5. The Morgan fingerprint density at radius 1 is 1.27 bits per heavy atom. The summed E-state index contributed by atoms with van der Waals surface area (Å²) in [6.07, 6.45) is 3.28. The number of hydrogen-bond donors (Lipinski definition) is 0. The van der Waals surface area contributed by atoms with Crippen molar-refractivity contribution in [3.8, 4) is 0 Å². The third kappa shape index (κ3) is 5.51. The van der Waals surface area contributed by atoms with Crippen molar-refractivity contribution in [1.29, 1.82) is 0 Å². The maximum absolute atomic E-state index is 12.8. The van der Waals surface area contributed by atoms with E-state index in [0.717, 1.165) is 23.3 Å². The zero-order valence-corrected chi connectivity index (χ0v) is 16.2. The topological polar surface area (TPSA) is 51.2 Å². The molecule has 0 spiro atoms. The van der Waals surface area contributed by atoms with Crippen LogP contribution < -0.4 is 0 Å². The van der Waals surface area contributed by atoms with Gasteiger partial charge >= 0.3 is 0 Å². The van der Waals surface area contributed by atoms with Crippen LogP contribution in [0.15, 0.2) is 6.07 Å². The summed E-state index contributed by atoms with van der Waals surface area (Å²) >= 11 is 1.67. The molecule has 1 aromatic heterocycles. The molecule has 0 saturated carbocycles. The summed E-state index contributed by atoms with van der Waals surface area (Å²) < 4.78 is 22.8. The molecule has 0 bridgehead atoms. The van der Waals surface area contributed by atoms with Crippen molar-refractivity contribution < 1.29 is 13.2 Å². The zero-order chi connectivity index (χ0) is 17.1. The molecule has 22 heavy (non-hydrogen) atoms. The molecule has 0 radical (unpaired) electrons. The van der Waals surface area contributed by atoms with Gasteiger partial charge in [-0.3, -0.25) is 4.79 Å². The highest BCUT2D eigenvalue weighted by Crippen LogP contribution is 2.34. The summed E-state index contributed by atoms with van der Waals surface area (Å²) in [6.45, 7) is 10.4. The Bertz CT molecular complexity index is 619. The lowest BCUT2D eigenvalue weighted by Crippen LogP contribution is -2.19. The molecule has 5 heteroatoms. The van der Waals surface area contributed by atoms with Crippen molar-refractivity contribution in [2.75, 3.05) is 12.0 Å². The van der Waals surface area contributed by atoms with Crippen LogP contribution in [-0.2, 0) is 15.3 Å². The van der Waals surface area contributed by atoms with Crippen LogP contribution in [0.25, 0.3) is 0 Å². The molecule has 0 fully saturated rings. The minimum absolute atomic E-state index is 0.0287. The van der Waals surface area contributed by atoms with Crippen LogP contribution in [0, 0.1) is 12.8 Å². The van der Waals surface area contributed by atoms with Gasteiger partial charge in [0.15, 0.2) is 5.78 Å². The van der Waals surface area contributed by atoms with E-state index >= 15 is 0 Å². The van der Waals surface area contributed by atoms with E-state index in [1.54, 1.807) is 11.3 Å². The van der Waals surface area contributed by atoms with Crippen LogP contribution in [-0.4, -0.2) is 26.2 Å². The number of ketones is 1. The van der Waals surface area contributed by atoms with Gasteiger partial charge in [-0.25, -0.2) is 8.42 Å². The lowest BCUT2D eigenvalue weighted by molar-refractivity contribution is 0.0909. The van der Waals surface area contributed by atoms with E-state index in [-0.39, 0.29) is 22.9 Å². The number of thiophene rings is 1. The number of carbonyl (C=O) groups excluding carboxylic acids is 1. The average molecular weight is 345 g/mol. The van der Waals surface area contributed by atoms with Gasteiger partial charge in [0, 0.05) is 27.5 Å². The second-order valence-corrected chi connectivity index (χ2v) is 10.6. The van der Waals surface area contributed by atoms with Gasteiger partial charge in [-0.15, -0.1) is 11.3 Å². The molecule has 0 N–H and O–H groups in total. The molecule has 1 atom stereocenters. The van der Waals surface area contributed by atoms with E-state index in [1.165, 1.54) is 11.1 Å². The van der Waals surface area contributed by atoms with E-state index in [1.807, 2.05) is 19.9 Å². The summed E-state index contributed by atoms with van der Waals surface area (Å²) in [7, 11) is -3.03. The average Bonchev–Trinajstić information content (AvgIpc) is 2.74. The smallest absolute Gasteiger partial charge is 0.167 e. The van der Waals surface area contributed by atoms with Gasteiger partial charge in [0.05, 0.1) is 5.75 Å². The largest absolute Gasteiger partial charge is 0.294 e. The number of aryl methyl sites for hydroxylation is 1. The Morgan fingerprint density at radius 2 is 1.86 bits per heavy atom. The molecule has 3 nitrogen and oxygen atoms in total. The van der Waals surface area contributed by atoms with Crippen molar-refractivity contribution in [2.45, 2.75) is 59.3 Å². The third-order valence-corrected chi connectivity index (χ3v) is 6.22. The van der Waals surface area contributed by atoms with Gasteiger partial charge in [0.2, 0.25) is 0 Å². The van der Waals surface area contributed by atoms with Crippen molar-refractivity contribution in [3.63, 3.8) is 0 Å². The van der Waals surface area contributed by atoms with E-state index in [2.05, 4.69) is 20.8 Å². The third-order valence-electron chi connectivity index (χ3n) is 3.77. The SMILES string of the molecule is CCCC(CCS(C)(=O)=O)C(=O)c1cc(C(C)(C)C)sc1C. The van der Waals surface area contributed by atoms with Crippen LogP contribution >= 0.6 is 11.3 Å². The number of sulfone groups is 1. The minimum Gasteiger partial charge on any atom is -0.294 e. The highest BCUT2D eigenvalue weighted by molar-refractivity contribution is 7.90. The van der Waals surface area contributed by atoms with Crippen LogP contribution in [0.3, 0.4) is 0 Å². The predicted molar refractivity (Wildman–Crippen MR) is 94.8 cm³/mol. The summed E-state index contributed by atoms with van der Waals surface area (Å²) in [4.78, 5) is 15.1. The van der Waals surface area contributed by atoms with E-state index in [4.69, 9.17) is 0 Å². The van der Waals surface area contributed by atoms with Crippen molar-refractivity contribution >= 4 is 27.0 Å². The molecule has 1 rings (SSSR count). The molecular weight excluding hydrogens is 316 g/mol. The summed E-state index contributed by atoms with van der Waals surface area (Å²) in [5.41, 5.74) is 0.808. The summed E-state index contributed by atoms with van der Waals surface area (Å²) in [6, 6.07) is 2.01. The first-order valence-electron chi connectivity index (χ1n) is 7.78. The Balaban J connectivity index is 3.02. The van der Waals surface area contributed by atoms with Gasteiger partial charge < -0.3 is 0 Å². The number of rotatable bonds is 7. The Hall–Kier alpha value is -0.680. The van der Waals surface area contributed by atoms with Gasteiger partial charge in [-0.1, -0.05) is 34.1 Å². The molecule has 1 heterocycles. The maximum Gasteiger partial charge on any atom is 0.167 e. The molecule has 0 aliphatic rings. The highest BCUT2D eigenvalue weighted by atomic mass is 32.2. The first-order chi connectivity index (χ1) is 9.95. The minimum atomic E-state index is -3.03. The molecule has 1 aromatic rings. The lowest BCUT2D eigenvalue weighted by atomic mass is 9.89. The molecule has 1 unspecified atom stereocenters. The molecule has 0 saturated heterocycles. The predicted octanol–water partition coefficient (Wildman–Crippen LogP) is 4.39.